The first-order valence-electron chi connectivity index (χ1n) is 8.37. The largest absolute Gasteiger partial charge is 0.381 e. The summed E-state index contributed by atoms with van der Waals surface area (Å²) in [6, 6.07) is 10.1. The quantitative estimate of drug-likeness (QED) is 0.923. The minimum absolute atomic E-state index is 0.0238. The van der Waals surface area contributed by atoms with Gasteiger partial charge in [-0.05, 0) is 25.3 Å². The average Bonchev–Trinajstić information content (AvgIpc) is 2.98. The van der Waals surface area contributed by atoms with Gasteiger partial charge >= 0.3 is 0 Å². The van der Waals surface area contributed by atoms with Crippen LogP contribution < -0.4 is 5.32 Å². The van der Waals surface area contributed by atoms with Crippen LogP contribution in [0.2, 0.25) is 0 Å². The number of carbonyl (C=O) groups is 2. The lowest BCUT2D eigenvalue weighted by Crippen LogP contribution is -2.41. The fraction of sp³-hybridized carbons (Fsp3) is 0.556. The van der Waals surface area contributed by atoms with Crippen molar-refractivity contribution in [3.8, 4) is 0 Å². The van der Waals surface area contributed by atoms with Crippen LogP contribution in [0.5, 0.6) is 0 Å². The summed E-state index contributed by atoms with van der Waals surface area (Å²) in [5.74, 6) is -0.162. The summed E-state index contributed by atoms with van der Waals surface area (Å²) in [5, 5.41) is 3.04. The predicted octanol–water partition coefficient (Wildman–Crippen LogP) is 1.89. The maximum atomic E-state index is 12.5. The number of nitrogens with zero attached hydrogens (tertiary/aromatic N) is 1. The van der Waals surface area contributed by atoms with Crippen LogP contribution in [0.4, 0.5) is 0 Å². The number of carbonyl (C=O) groups excluding carboxylic acids is 2. The van der Waals surface area contributed by atoms with Crippen LogP contribution in [0.25, 0.3) is 0 Å². The van der Waals surface area contributed by atoms with E-state index in [1.54, 1.807) is 0 Å². The van der Waals surface area contributed by atoms with Gasteiger partial charge in [0.1, 0.15) is 0 Å². The summed E-state index contributed by atoms with van der Waals surface area (Å²) in [5.41, 5.74) is 1.08. The maximum absolute atomic E-state index is 12.5. The normalized spacial score (nSPS) is 23.8. The van der Waals surface area contributed by atoms with E-state index in [1.165, 1.54) is 0 Å². The molecule has 23 heavy (non-hydrogen) atoms. The molecule has 2 aliphatic heterocycles. The van der Waals surface area contributed by atoms with E-state index >= 15 is 0 Å². The van der Waals surface area contributed by atoms with E-state index in [0.29, 0.717) is 26.2 Å². The average molecular weight is 316 g/mol. The third kappa shape index (κ3) is 3.72. The number of nitrogens with one attached hydrogen (secondary N) is 1. The molecule has 1 aromatic rings. The zero-order valence-electron chi connectivity index (χ0n) is 13.5. The van der Waals surface area contributed by atoms with E-state index in [1.807, 2.05) is 42.2 Å². The molecule has 2 amide bonds. The van der Waals surface area contributed by atoms with Crippen molar-refractivity contribution in [2.24, 2.45) is 5.92 Å². The number of amides is 2. The molecule has 1 aromatic carbocycles. The molecule has 1 N–H and O–H groups in total. The minimum Gasteiger partial charge on any atom is -0.381 e. The fourth-order valence-electron chi connectivity index (χ4n) is 3.41. The molecule has 0 saturated carbocycles. The molecule has 0 aliphatic carbocycles. The highest BCUT2D eigenvalue weighted by atomic mass is 16.5. The van der Waals surface area contributed by atoms with E-state index in [9.17, 15) is 9.59 Å². The van der Waals surface area contributed by atoms with Gasteiger partial charge in [-0.1, -0.05) is 30.3 Å². The van der Waals surface area contributed by atoms with E-state index in [0.717, 1.165) is 18.4 Å². The summed E-state index contributed by atoms with van der Waals surface area (Å²) < 4.78 is 5.35. The predicted molar refractivity (Wildman–Crippen MR) is 86.7 cm³/mol. The van der Waals surface area contributed by atoms with Crippen molar-refractivity contribution in [3.05, 3.63) is 35.9 Å². The Morgan fingerprint density at radius 1 is 1.26 bits per heavy atom. The summed E-state index contributed by atoms with van der Waals surface area (Å²) in [4.78, 5) is 26.6. The molecule has 5 nitrogen and oxygen atoms in total. The molecule has 0 aromatic heterocycles. The molecular formula is C18H24N2O3. The van der Waals surface area contributed by atoms with Gasteiger partial charge in [-0.15, -0.1) is 0 Å². The monoisotopic (exact) mass is 316 g/mol. The Labute approximate surface area is 137 Å². The second-order valence-corrected chi connectivity index (χ2v) is 6.43. The van der Waals surface area contributed by atoms with Gasteiger partial charge in [0.25, 0.3) is 0 Å². The Kier molecular flexibility index (Phi) is 4.96. The SMILES string of the molecule is CC(NC(=O)C1CC(=O)N(C2CCOCC2)C1)c1ccccc1. The Morgan fingerprint density at radius 2 is 1.96 bits per heavy atom. The first-order chi connectivity index (χ1) is 11.1. The fourth-order valence-corrected chi connectivity index (χ4v) is 3.41. The number of hydrogen-bond acceptors (Lipinski definition) is 3. The minimum atomic E-state index is -0.239. The van der Waals surface area contributed by atoms with Gasteiger partial charge in [-0.2, -0.15) is 0 Å². The van der Waals surface area contributed by atoms with Crippen LogP contribution >= 0.6 is 0 Å². The van der Waals surface area contributed by atoms with Gasteiger partial charge < -0.3 is 15.0 Å². The number of likely N-dealkylation sites (tertiary alicyclic amines) is 1. The molecular weight excluding hydrogens is 292 g/mol. The topological polar surface area (TPSA) is 58.6 Å². The highest BCUT2D eigenvalue weighted by Gasteiger charge is 2.38. The van der Waals surface area contributed by atoms with Gasteiger partial charge in [0.05, 0.1) is 12.0 Å². The molecule has 124 valence electrons. The van der Waals surface area contributed by atoms with Crippen molar-refractivity contribution in [1.29, 1.82) is 0 Å². The Hall–Kier alpha value is -1.88. The number of benzene rings is 1. The molecule has 2 unspecified atom stereocenters. The van der Waals surface area contributed by atoms with Crippen LogP contribution in [-0.4, -0.2) is 42.5 Å². The van der Waals surface area contributed by atoms with Gasteiger partial charge in [-0.25, -0.2) is 0 Å². The lowest BCUT2D eigenvalue weighted by atomic mass is 10.0. The van der Waals surface area contributed by atoms with Crippen molar-refractivity contribution in [3.63, 3.8) is 0 Å². The zero-order chi connectivity index (χ0) is 16.2. The lowest BCUT2D eigenvalue weighted by molar-refractivity contribution is -0.131. The smallest absolute Gasteiger partial charge is 0.225 e. The Balaban J connectivity index is 1.57. The molecule has 2 fully saturated rings. The molecule has 3 rings (SSSR count). The summed E-state index contributed by atoms with van der Waals surface area (Å²) in [7, 11) is 0. The van der Waals surface area contributed by atoms with Crippen LogP contribution in [0.3, 0.4) is 0 Å². The summed E-state index contributed by atoms with van der Waals surface area (Å²) >= 11 is 0. The number of ether oxygens (including phenoxy) is 1. The van der Waals surface area contributed by atoms with Gasteiger partial charge in [-0.3, -0.25) is 9.59 Å². The number of rotatable bonds is 4. The second kappa shape index (κ2) is 7.13. The molecule has 0 spiro atoms. The zero-order valence-corrected chi connectivity index (χ0v) is 13.5. The van der Waals surface area contributed by atoms with Gasteiger partial charge in [0.15, 0.2) is 0 Å². The number of hydrogen-bond donors (Lipinski definition) is 1. The third-order valence-corrected chi connectivity index (χ3v) is 4.82. The third-order valence-electron chi connectivity index (χ3n) is 4.82. The molecule has 2 heterocycles. The molecule has 0 bridgehead atoms. The highest BCUT2D eigenvalue weighted by Crippen LogP contribution is 2.25. The first-order valence-corrected chi connectivity index (χ1v) is 8.37. The highest BCUT2D eigenvalue weighted by molar-refractivity contribution is 5.89. The van der Waals surface area contributed by atoms with Crippen molar-refractivity contribution in [2.45, 2.75) is 38.3 Å². The molecule has 2 atom stereocenters. The molecule has 2 saturated heterocycles. The van der Waals surface area contributed by atoms with E-state index < -0.39 is 0 Å². The van der Waals surface area contributed by atoms with Gasteiger partial charge in [0.2, 0.25) is 11.8 Å². The van der Waals surface area contributed by atoms with Crippen molar-refractivity contribution in [1.82, 2.24) is 10.2 Å². The van der Waals surface area contributed by atoms with Crippen LogP contribution in [0.1, 0.15) is 37.8 Å². The van der Waals surface area contributed by atoms with Crippen molar-refractivity contribution >= 4 is 11.8 Å². The summed E-state index contributed by atoms with van der Waals surface area (Å²) in [6.07, 6.45) is 2.08. The first kappa shape index (κ1) is 16.0. The van der Waals surface area contributed by atoms with Crippen molar-refractivity contribution < 1.29 is 14.3 Å². The standard InChI is InChI=1S/C18H24N2O3/c1-13(14-5-3-2-4-6-14)19-18(22)15-11-17(21)20(12-15)16-7-9-23-10-8-16/h2-6,13,15-16H,7-12H2,1H3,(H,19,22). The van der Waals surface area contributed by atoms with E-state index in [2.05, 4.69) is 5.32 Å². The summed E-state index contributed by atoms with van der Waals surface area (Å²) in [6.45, 7) is 3.92. The molecule has 0 radical (unpaired) electrons. The molecule has 2 aliphatic rings. The van der Waals surface area contributed by atoms with Crippen molar-refractivity contribution in [2.75, 3.05) is 19.8 Å². The lowest BCUT2D eigenvalue weighted by Gasteiger charge is -2.31. The van der Waals surface area contributed by atoms with Crippen LogP contribution in [-0.2, 0) is 14.3 Å². The maximum Gasteiger partial charge on any atom is 0.225 e. The Morgan fingerprint density at radius 3 is 2.65 bits per heavy atom. The van der Waals surface area contributed by atoms with Gasteiger partial charge in [0, 0.05) is 32.2 Å². The van der Waals surface area contributed by atoms with E-state index in [-0.39, 0.29) is 29.8 Å². The second-order valence-electron chi connectivity index (χ2n) is 6.43. The van der Waals surface area contributed by atoms with Crippen LogP contribution in [0, 0.1) is 5.92 Å². The molecule has 5 heteroatoms. The van der Waals surface area contributed by atoms with E-state index in [4.69, 9.17) is 4.74 Å². The Bertz CT molecular complexity index is 555. The van der Waals surface area contributed by atoms with Crippen LogP contribution in [0.15, 0.2) is 30.3 Å².